The minimum Gasteiger partial charge on any atom is -0.497 e. The van der Waals surface area contributed by atoms with Crippen LogP contribution in [0, 0.1) is 0 Å². The molecule has 0 radical (unpaired) electrons. The molecule has 0 aliphatic carbocycles. The summed E-state index contributed by atoms with van der Waals surface area (Å²) in [5.41, 5.74) is -0.264. The van der Waals surface area contributed by atoms with Gasteiger partial charge in [-0.1, -0.05) is 0 Å². The predicted octanol–water partition coefficient (Wildman–Crippen LogP) is 2.87. The molecule has 0 atom stereocenters. The van der Waals surface area contributed by atoms with Gasteiger partial charge in [-0.15, -0.1) is 0 Å². The third-order valence-electron chi connectivity index (χ3n) is 3.52. The van der Waals surface area contributed by atoms with Gasteiger partial charge in [0.1, 0.15) is 5.75 Å². The van der Waals surface area contributed by atoms with E-state index in [9.17, 15) is 22.8 Å². The molecule has 0 spiro atoms. The van der Waals surface area contributed by atoms with Crippen molar-refractivity contribution in [2.24, 2.45) is 0 Å². The Labute approximate surface area is 148 Å². The molecule has 0 fully saturated rings. The van der Waals surface area contributed by atoms with Crippen LogP contribution in [0.15, 0.2) is 48.5 Å². The standard InChI is InChI=1S/C18H17F3N2O3/c1-26-15-8-4-13(5-9-15)17(25)23-11-10-22-16(24)12-2-6-14(7-3-12)18(19,20)21/h2-9H,10-11H2,1H3,(H,22,24)(H,23,25). The second-order valence-electron chi connectivity index (χ2n) is 5.32. The number of alkyl halides is 3. The lowest BCUT2D eigenvalue weighted by atomic mass is 10.1. The number of nitrogens with one attached hydrogen (secondary N) is 2. The molecule has 0 saturated heterocycles. The molecule has 0 heterocycles. The van der Waals surface area contributed by atoms with Gasteiger partial charge in [0.05, 0.1) is 12.7 Å². The Kier molecular flexibility index (Phi) is 6.21. The maximum absolute atomic E-state index is 12.5. The molecule has 0 saturated carbocycles. The van der Waals surface area contributed by atoms with Crippen LogP contribution in [-0.4, -0.2) is 32.0 Å². The number of methoxy groups -OCH3 is 1. The first kappa shape index (κ1) is 19.3. The number of ether oxygens (including phenoxy) is 1. The summed E-state index contributed by atoms with van der Waals surface area (Å²) in [7, 11) is 1.52. The third kappa shape index (κ3) is 5.23. The molecule has 5 nitrogen and oxygen atoms in total. The number of carbonyl (C=O) groups is 2. The van der Waals surface area contributed by atoms with Gasteiger partial charge in [-0.05, 0) is 48.5 Å². The van der Waals surface area contributed by atoms with Gasteiger partial charge in [0, 0.05) is 24.2 Å². The van der Waals surface area contributed by atoms with Crippen LogP contribution >= 0.6 is 0 Å². The van der Waals surface area contributed by atoms with E-state index < -0.39 is 17.6 Å². The van der Waals surface area contributed by atoms with Gasteiger partial charge in [-0.2, -0.15) is 13.2 Å². The van der Waals surface area contributed by atoms with Gasteiger partial charge in [-0.3, -0.25) is 9.59 Å². The fourth-order valence-corrected chi connectivity index (χ4v) is 2.11. The summed E-state index contributed by atoms with van der Waals surface area (Å²) in [5, 5.41) is 5.16. The van der Waals surface area contributed by atoms with Crippen molar-refractivity contribution in [2.45, 2.75) is 6.18 Å². The minimum absolute atomic E-state index is 0.111. The summed E-state index contributed by atoms with van der Waals surface area (Å²) in [6.45, 7) is 0.318. The maximum atomic E-state index is 12.5. The third-order valence-corrected chi connectivity index (χ3v) is 3.52. The van der Waals surface area contributed by atoms with Gasteiger partial charge >= 0.3 is 6.18 Å². The van der Waals surface area contributed by atoms with Crippen LogP contribution in [0.25, 0.3) is 0 Å². The number of rotatable bonds is 6. The lowest BCUT2D eigenvalue weighted by Crippen LogP contribution is -2.34. The van der Waals surface area contributed by atoms with Crippen LogP contribution in [0.4, 0.5) is 13.2 Å². The van der Waals surface area contributed by atoms with Gasteiger partial charge in [0.25, 0.3) is 11.8 Å². The number of benzene rings is 2. The van der Waals surface area contributed by atoms with Crippen molar-refractivity contribution in [2.75, 3.05) is 20.2 Å². The molecule has 2 aromatic carbocycles. The number of amides is 2. The van der Waals surface area contributed by atoms with Crippen molar-refractivity contribution in [1.82, 2.24) is 10.6 Å². The summed E-state index contributed by atoms with van der Waals surface area (Å²) < 4.78 is 42.4. The molecular formula is C18H17F3N2O3. The first-order valence-electron chi connectivity index (χ1n) is 7.69. The summed E-state index contributed by atoms with van der Waals surface area (Å²) in [4.78, 5) is 23.8. The van der Waals surface area contributed by atoms with Gasteiger partial charge in [-0.25, -0.2) is 0 Å². The van der Waals surface area contributed by atoms with E-state index in [2.05, 4.69) is 10.6 Å². The zero-order valence-corrected chi connectivity index (χ0v) is 13.9. The molecule has 0 unspecified atom stereocenters. The Hall–Kier alpha value is -3.03. The van der Waals surface area contributed by atoms with Crippen molar-refractivity contribution in [3.05, 3.63) is 65.2 Å². The Morgan fingerprint density at radius 2 is 1.27 bits per heavy atom. The van der Waals surface area contributed by atoms with E-state index in [1.807, 2.05) is 0 Å². The molecule has 2 aromatic rings. The number of halogens is 3. The fraction of sp³-hybridized carbons (Fsp3) is 0.222. The highest BCUT2D eigenvalue weighted by atomic mass is 19.4. The molecule has 26 heavy (non-hydrogen) atoms. The highest BCUT2D eigenvalue weighted by molar-refractivity contribution is 5.95. The lowest BCUT2D eigenvalue weighted by molar-refractivity contribution is -0.137. The van der Waals surface area contributed by atoms with Gasteiger partial charge in [0.2, 0.25) is 0 Å². The average Bonchev–Trinajstić information content (AvgIpc) is 2.64. The first-order chi connectivity index (χ1) is 12.3. The second kappa shape index (κ2) is 8.37. The van der Waals surface area contributed by atoms with E-state index in [1.165, 1.54) is 7.11 Å². The van der Waals surface area contributed by atoms with E-state index >= 15 is 0 Å². The van der Waals surface area contributed by atoms with Crippen LogP contribution < -0.4 is 15.4 Å². The average molecular weight is 366 g/mol. The molecule has 0 aromatic heterocycles. The van der Waals surface area contributed by atoms with Crippen molar-refractivity contribution >= 4 is 11.8 Å². The number of hydrogen-bond donors (Lipinski definition) is 2. The summed E-state index contributed by atoms with van der Waals surface area (Å²) in [6.07, 6.45) is -4.44. The van der Waals surface area contributed by atoms with Crippen molar-refractivity contribution in [1.29, 1.82) is 0 Å². The Morgan fingerprint density at radius 1 is 0.846 bits per heavy atom. The largest absolute Gasteiger partial charge is 0.497 e. The molecule has 0 aliphatic rings. The zero-order chi connectivity index (χ0) is 19.2. The van der Waals surface area contributed by atoms with E-state index in [0.717, 1.165) is 24.3 Å². The normalized spacial score (nSPS) is 10.9. The van der Waals surface area contributed by atoms with Gasteiger partial charge < -0.3 is 15.4 Å². The minimum atomic E-state index is -4.44. The van der Waals surface area contributed by atoms with Crippen LogP contribution in [0.5, 0.6) is 5.75 Å². The lowest BCUT2D eigenvalue weighted by Gasteiger charge is -2.09. The predicted molar refractivity (Wildman–Crippen MR) is 89.1 cm³/mol. The Bertz CT molecular complexity index is 757. The first-order valence-corrected chi connectivity index (χ1v) is 7.69. The van der Waals surface area contributed by atoms with Gasteiger partial charge in [0.15, 0.2) is 0 Å². The SMILES string of the molecule is COc1ccc(C(=O)NCCNC(=O)c2ccc(C(F)(F)F)cc2)cc1. The molecule has 2 rings (SSSR count). The molecule has 8 heteroatoms. The van der Waals surface area contributed by atoms with Crippen molar-refractivity contribution < 1.29 is 27.5 Å². The van der Waals surface area contributed by atoms with E-state index in [1.54, 1.807) is 24.3 Å². The maximum Gasteiger partial charge on any atom is 0.416 e. The van der Waals surface area contributed by atoms with E-state index in [0.29, 0.717) is 11.3 Å². The summed E-state index contributed by atoms with van der Waals surface area (Å²) in [6, 6.07) is 10.4. The Morgan fingerprint density at radius 3 is 1.65 bits per heavy atom. The number of hydrogen-bond acceptors (Lipinski definition) is 3. The van der Waals surface area contributed by atoms with E-state index in [4.69, 9.17) is 4.74 Å². The molecule has 2 N–H and O–H groups in total. The smallest absolute Gasteiger partial charge is 0.416 e. The van der Waals surface area contributed by atoms with Crippen LogP contribution in [0.1, 0.15) is 26.3 Å². The monoisotopic (exact) mass is 366 g/mol. The molecule has 0 aliphatic heterocycles. The molecule has 138 valence electrons. The van der Waals surface area contributed by atoms with Crippen molar-refractivity contribution in [3.63, 3.8) is 0 Å². The summed E-state index contributed by atoms with van der Waals surface area (Å²) >= 11 is 0. The summed E-state index contributed by atoms with van der Waals surface area (Å²) in [5.74, 6) is -0.195. The van der Waals surface area contributed by atoms with Crippen molar-refractivity contribution in [3.8, 4) is 5.75 Å². The highest BCUT2D eigenvalue weighted by Gasteiger charge is 2.30. The topological polar surface area (TPSA) is 67.4 Å². The molecular weight excluding hydrogens is 349 g/mol. The Balaban J connectivity index is 1.78. The second-order valence-corrected chi connectivity index (χ2v) is 5.32. The molecule has 2 amide bonds. The van der Waals surface area contributed by atoms with Crippen LogP contribution in [-0.2, 0) is 6.18 Å². The van der Waals surface area contributed by atoms with Crippen LogP contribution in [0.3, 0.4) is 0 Å². The quantitative estimate of drug-likeness (QED) is 0.773. The van der Waals surface area contributed by atoms with E-state index in [-0.39, 0.29) is 24.6 Å². The zero-order valence-electron chi connectivity index (χ0n) is 13.9. The molecule has 0 bridgehead atoms. The highest BCUT2D eigenvalue weighted by Crippen LogP contribution is 2.29. The van der Waals surface area contributed by atoms with Crippen LogP contribution in [0.2, 0.25) is 0 Å². The number of carbonyl (C=O) groups excluding carboxylic acids is 2. The fourth-order valence-electron chi connectivity index (χ4n) is 2.11.